The SMILES string of the molecule is Cc1cc(C)cc(OCC(=O)N/N=C\c2cc(N=Nc3cccc4ccccc34)ccc2O)c1. The number of aryl methyl sites for hydroxylation is 2. The highest BCUT2D eigenvalue weighted by Crippen LogP contribution is 2.28. The van der Waals surface area contributed by atoms with Crippen LogP contribution in [0.2, 0.25) is 0 Å². The first-order valence-corrected chi connectivity index (χ1v) is 10.7. The monoisotopic (exact) mass is 452 g/mol. The fourth-order valence-corrected chi connectivity index (χ4v) is 3.49. The summed E-state index contributed by atoms with van der Waals surface area (Å²) in [5.41, 5.74) is 6.19. The molecule has 0 bridgehead atoms. The van der Waals surface area contributed by atoms with E-state index in [1.165, 1.54) is 12.3 Å². The zero-order valence-electron chi connectivity index (χ0n) is 18.9. The summed E-state index contributed by atoms with van der Waals surface area (Å²) in [7, 11) is 0. The van der Waals surface area contributed by atoms with Crippen LogP contribution in [-0.4, -0.2) is 23.8 Å². The van der Waals surface area contributed by atoms with E-state index in [2.05, 4.69) is 20.8 Å². The van der Waals surface area contributed by atoms with Gasteiger partial charge < -0.3 is 9.84 Å². The third-order valence-electron chi connectivity index (χ3n) is 5.01. The Hall–Kier alpha value is -4.52. The van der Waals surface area contributed by atoms with Crippen molar-refractivity contribution in [2.24, 2.45) is 15.3 Å². The smallest absolute Gasteiger partial charge is 0.277 e. The van der Waals surface area contributed by atoms with E-state index in [1.54, 1.807) is 12.1 Å². The maximum absolute atomic E-state index is 12.0. The number of hydrazone groups is 1. The second-order valence-corrected chi connectivity index (χ2v) is 7.85. The fourth-order valence-electron chi connectivity index (χ4n) is 3.49. The molecule has 0 atom stereocenters. The van der Waals surface area contributed by atoms with Crippen molar-refractivity contribution in [3.63, 3.8) is 0 Å². The molecule has 4 aromatic rings. The molecule has 7 nitrogen and oxygen atoms in total. The molecular formula is C27H24N4O3. The van der Waals surface area contributed by atoms with E-state index in [-0.39, 0.29) is 12.4 Å². The van der Waals surface area contributed by atoms with Crippen LogP contribution in [0.1, 0.15) is 16.7 Å². The number of azo groups is 1. The number of rotatable bonds is 7. The van der Waals surface area contributed by atoms with E-state index in [0.29, 0.717) is 17.0 Å². The van der Waals surface area contributed by atoms with Gasteiger partial charge in [-0.2, -0.15) is 10.2 Å². The molecule has 4 rings (SSSR count). The van der Waals surface area contributed by atoms with Gasteiger partial charge in [-0.3, -0.25) is 4.79 Å². The number of nitrogens with zero attached hydrogens (tertiary/aromatic N) is 3. The molecule has 170 valence electrons. The molecule has 0 aromatic heterocycles. The van der Waals surface area contributed by atoms with Crippen molar-refractivity contribution in [1.82, 2.24) is 5.43 Å². The van der Waals surface area contributed by atoms with Gasteiger partial charge in [0.1, 0.15) is 11.5 Å². The van der Waals surface area contributed by atoms with Crippen molar-refractivity contribution in [2.75, 3.05) is 6.61 Å². The van der Waals surface area contributed by atoms with Gasteiger partial charge in [-0.05, 0) is 66.8 Å². The van der Waals surface area contributed by atoms with Crippen LogP contribution in [0.15, 0.2) is 94.2 Å². The molecule has 34 heavy (non-hydrogen) atoms. The number of fused-ring (bicyclic) bond motifs is 1. The van der Waals surface area contributed by atoms with E-state index < -0.39 is 5.91 Å². The normalized spacial score (nSPS) is 11.4. The first-order valence-electron chi connectivity index (χ1n) is 10.7. The summed E-state index contributed by atoms with van der Waals surface area (Å²) in [4.78, 5) is 12.0. The number of aromatic hydroxyl groups is 1. The molecule has 0 unspecified atom stereocenters. The van der Waals surface area contributed by atoms with Gasteiger partial charge in [-0.15, -0.1) is 5.11 Å². The van der Waals surface area contributed by atoms with Crippen LogP contribution < -0.4 is 10.2 Å². The average molecular weight is 453 g/mol. The molecule has 0 radical (unpaired) electrons. The lowest BCUT2D eigenvalue weighted by atomic mass is 10.1. The molecule has 0 spiro atoms. The molecule has 2 N–H and O–H groups in total. The molecule has 0 aliphatic carbocycles. The number of nitrogens with one attached hydrogen (secondary N) is 1. The Kier molecular flexibility index (Phi) is 6.93. The second-order valence-electron chi connectivity index (χ2n) is 7.85. The van der Waals surface area contributed by atoms with Crippen LogP contribution >= 0.6 is 0 Å². The molecule has 7 heteroatoms. The van der Waals surface area contributed by atoms with Crippen LogP contribution in [0.3, 0.4) is 0 Å². The zero-order chi connectivity index (χ0) is 23.9. The number of carbonyl (C=O) groups excluding carboxylic acids is 1. The maximum Gasteiger partial charge on any atom is 0.277 e. The standard InChI is InChI=1S/C27H24N4O3/c1-18-12-19(2)14-23(13-18)34-17-27(33)31-28-16-21-15-22(10-11-26(21)32)29-30-25-9-5-7-20-6-3-4-8-24(20)25/h3-16,32H,17H2,1-2H3,(H,31,33)/b28-16-,30-29?. The van der Waals surface area contributed by atoms with Gasteiger partial charge in [0.2, 0.25) is 0 Å². The van der Waals surface area contributed by atoms with Gasteiger partial charge in [-0.1, -0.05) is 42.5 Å². The minimum absolute atomic E-state index is 0.00796. The number of hydrogen-bond donors (Lipinski definition) is 2. The Morgan fingerprint density at radius 2 is 1.71 bits per heavy atom. The third kappa shape index (κ3) is 5.83. The molecular weight excluding hydrogens is 428 g/mol. The van der Waals surface area contributed by atoms with Gasteiger partial charge >= 0.3 is 0 Å². The van der Waals surface area contributed by atoms with Gasteiger partial charge in [0, 0.05) is 10.9 Å². The Labute approximate surface area is 197 Å². The van der Waals surface area contributed by atoms with Crippen molar-refractivity contribution in [2.45, 2.75) is 13.8 Å². The minimum Gasteiger partial charge on any atom is -0.507 e. The summed E-state index contributed by atoms with van der Waals surface area (Å²) in [5, 5.41) is 24.8. The molecule has 0 aliphatic rings. The minimum atomic E-state index is -0.415. The second kappa shape index (κ2) is 10.4. The lowest BCUT2D eigenvalue weighted by Crippen LogP contribution is -2.24. The van der Waals surface area contributed by atoms with Gasteiger partial charge in [-0.25, -0.2) is 5.43 Å². The van der Waals surface area contributed by atoms with Crippen molar-refractivity contribution in [3.8, 4) is 11.5 Å². The van der Waals surface area contributed by atoms with E-state index in [9.17, 15) is 9.90 Å². The van der Waals surface area contributed by atoms with E-state index in [4.69, 9.17) is 4.74 Å². The predicted octanol–water partition coefficient (Wildman–Crippen LogP) is 6.11. The van der Waals surface area contributed by atoms with Crippen molar-refractivity contribution >= 4 is 34.3 Å². The highest BCUT2D eigenvalue weighted by Gasteiger charge is 2.05. The third-order valence-corrected chi connectivity index (χ3v) is 5.01. The van der Waals surface area contributed by atoms with Crippen molar-refractivity contribution in [3.05, 3.63) is 95.6 Å². The van der Waals surface area contributed by atoms with Crippen molar-refractivity contribution in [1.29, 1.82) is 0 Å². The lowest BCUT2D eigenvalue weighted by molar-refractivity contribution is -0.123. The molecule has 0 saturated heterocycles. The quantitative estimate of drug-likeness (QED) is 0.201. The summed E-state index contributed by atoms with van der Waals surface area (Å²) in [5.74, 6) is 0.217. The molecule has 0 saturated carbocycles. The molecule has 0 heterocycles. The van der Waals surface area contributed by atoms with E-state index in [1.807, 2.05) is 74.5 Å². The van der Waals surface area contributed by atoms with E-state index in [0.717, 1.165) is 27.6 Å². The number of phenols is 1. The van der Waals surface area contributed by atoms with E-state index >= 15 is 0 Å². The molecule has 4 aromatic carbocycles. The number of phenolic OH excluding ortho intramolecular Hbond substituents is 1. The Morgan fingerprint density at radius 1 is 0.941 bits per heavy atom. The summed E-state index contributed by atoms with van der Waals surface area (Å²) < 4.78 is 5.52. The zero-order valence-corrected chi connectivity index (χ0v) is 18.9. The largest absolute Gasteiger partial charge is 0.507 e. The van der Waals surface area contributed by atoms with Crippen LogP contribution in [0.4, 0.5) is 11.4 Å². The highest BCUT2D eigenvalue weighted by molar-refractivity contribution is 5.92. The fraction of sp³-hybridized carbons (Fsp3) is 0.111. The van der Waals surface area contributed by atoms with Crippen molar-refractivity contribution < 1.29 is 14.6 Å². The van der Waals surface area contributed by atoms with Crippen LogP contribution in [0.25, 0.3) is 10.8 Å². The van der Waals surface area contributed by atoms with Crippen LogP contribution in [0, 0.1) is 13.8 Å². The first-order chi connectivity index (χ1) is 16.5. The van der Waals surface area contributed by atoms with Gasteiger partial charge in [0.05, 0.1) is 17.6 Å². The Balaban J connectivity index is 1.39. The lowest BCUT2D eigenvalue weighted by Gasteiger charge is -2.07. The summed E-state index contributed by atoms with van der Waals surface area (Å²) in [6.45, 7) is 3.75. The molecule has 0 fully saturated rings. The number of amides is 1. The predicted molar refractivity (Wildman–Crippen MR) is 133 cm³/mol. The Morgan fingerprint density at radius 3 is 2.53 bits per heavy atom. The maximum atomic E-state index is 12.0. The topological polar surface area (TPSA) is 95.6 Å². The number of carbonyl (C=O) groups is 1. The summed E-state index contributed by atoms with van der Waals surface area (Å²) in [6, 6.07) is 24.3. The van der Waals surface area contributed by atoms with Gasteiger partial charge in [0.15, 0.2) is 6.61 Å². The number of hydrogen-bond acceptors (Lipinski definition) is 6. The van der Waals surface area contributed by atoms with Crippen LogP contribution in [-0.2, 0) is 4.79 Å². The summed E-state index contributed by atoms with van der Waals surface area (Å²) >= 11 is 0. The first kappa shape index (κ1) is 22.7. The Bertz CT molecular complexity index is 1370. The molecule has 1 amide bonds. The van der Waals surface area contributed by atoms with Gasteiger partial charge in [0.25, 0.3) is 5.91 Å². The number of benzene rings is 4. The number of ether oxygens (including phenoxy) is 1. The molecule has 0 aliphatic heterocycles. The van der Waals surface area contributed by atoms with Crippen LogP contribution in [0.5, 0.6) is 11.5 Å². The summed E-state index contributed by atoms with van der Waals surface area (Å²) in [6.07, 6.45) is 1.35. The average Bonchev–Trinajstić information content (AvgIpc) is 2.82. The highest BCUT2D eigenvalue weighted by atomic mass is 16.5.